The molecule has 0 saturated carbocycles. The van der Waals surface area contributed by atoms with Crippen LogP contribution in [0.15, 0.2) is 127 Å². The minimum atomic E-state index is -0.393. The molecule has 42 heavy (non-hydrogen) atoms. The van der Waals surface area contributed by atoms with Crippen LogP contribution in [0.25, 0.3) is 0 Å². The first kappa shape index (κ1) is 36.5. The van der Waals surface area contributed by atoms with Crippen LogP contribution in [0.2, 0.25) is 0 Å². The number of aliphatic hydroxyl groups is 2. The molecule has 5 atom stereocenters. The fourth-order valence-corrected chi connectivity index (χ4v) is 4.65. The van der Waals surface area contributed by atoms with E-state index < -0.39 is 12.2 Å². The third kappa shape index (κ3) is 14.4. The van der Waals surface area contributed by atoms with E-state index in [1.165, 1.54) is 16.7 Å². The van der Waals surface area contributed by atoms with E-state index in [1.807, 2.05) is 101 Å². The average Bonchev–Trinajstić information content (AvgIpc) is 2.97. The van der Waals surface area contributed by atoms with Crippen molar-refractivity contribution in [1.82, 2.24) is 0 Å². The Bertz CT molecular complexity index is 1150. The smallest absolute Gasteiger partial charge is 0.161 e. The van der Waals surface area contributed by atoms with Crippen LogP contribution in [-0.4, -0.2) is 28.2 Å². The van der Waals surface area contributed by atoms with Gasteiger partial charge in [0.05, 0.1) is 12.2 Å². The molecule has 0 radical (unpaired) electrons. The quantitative estimate of drug-likeness (QED) is 0.170. The van der Waals surface area contributed by atoms with Crippen LogP contribution in [0.4, 0.5) is 0 Å². The molecule has 3 nitrogen and oxygen atoms in total. The van der Waals surface area contributed by atoms with Gasteiger partial charge >= 0.3 is 0 Å². The van der Waals surface area contributed by atoms with Gasteiger partial charge in [-0.2, -0.15) is 0 Å². The van der Waals surface area contributed by atoms with Gasteiger partial charge in [-0.25, -0.2) is 0 Å². The molecule has 0 spiro atoms. The first-order chi connectivity index (χ1) is 19.8. The number of ketones is 1. The summed E-state index contributed by atoms with van der Waals surface area (Å²) in [5.74, 6) is 0.661. The summed E-state index contributed by atoms with van der Waals surface area (Å²) >= 11 is 0. The third-order valence-corrected chi connectivity index (χ3v) is 7.14. The summed E-state index contributed by atoms with van der Waals surface area (Å²) in [6, 6.07) is 30.5. The SMILES string of the molecule is C=C(C)C(=O)[C@@H](C)Cc1ccccc1.C=C(C)[C@@H](O)[C@@H](C)Cc1ccccc1.C=C(C)[C@H](O)[C@@H](C)Cc1ccccc1. The van der Waals surface area contributed by atoms with E-state index in [9.17, 15) is 15.0 Å². The number of rotatable bonds is 12. The Morgan fingerprint density at radius 1 is 0.571 bits per heavy atom. The molecular formula is C39H52O3. The van der Waals surface area contributed by atoms with Crippen molar-refractivity contribution in [2.24, 2.45) is 17.8 Å². The number of hydrogen-bond acceptors (Lipinski definition) is 3. The molecule has 0 heterocycles. The second kappa shape index (κ2) is 19.6. The second-order valence-electron chi connectivity index (χ2n) is 11.7. The predicted octanol–water partition coefficient (Wildman–Crippen LogP) is 8.61. The molecule has 226 valence electrons. The highest BCUT2D eigenvalue weighted by atomic mass is 16.3. The molecule has 3 heteroatoms. The normalized spacial score (nSPS) is 13.9. The third-order valence-electron chi connectivity index (χ3n) is 7.14. The molecule has 0 bridgehead atoms. The molecule has 0 aliphatic carbocycles. The molecule has 3 rings (SSSR count). The van der Waals surface area contributed by atoms with Crippen molar-refractivity contribution in [3.05, 3.63) is 144 Å². The highest BCUT2D eigenvalue weighted by Gasteiger charge is 2.16. The molecule has 3 aromatic carbocycles. The number of benzene rings is 3. The van der Waals surface area contributed by atoms with Gasteiger partial charge in [-0.05, 0) is 74.1 Å². The van der Waals surface area contributed by atoms with E-state index in [4.69, 9.17) is 0 Å². The number of Topliss-reactive ketones (excluding diaryl/α,β-unsaturated/α-hetero) is 1. The maximum absolute atomic E-state index is 11.5. The van der Waals surface area contributed by atoms with Gasteiger partial charge in [0.2, 0.25) is 0 Å². The Balaban J connectivity index is 0.000000315. The minimum Gasteiger partial charge on any atom is -0.388 e. The second-order valence-corrected chi connectivity index (χ2v) is 11.7. The van der Waals surface area contributed by atoms with Crippen LogP contribution >= 0.6 is 0 Å². The number of allylic oxidation sites excluding steroid dienone is 1. The lowest BCUT2D eigenvalue weighted by atomic mass is 9.92. The first-order valence-electron chi connectivity index (χ1n) is 14.8. The lowest BCUT2D eigenvalue weighted by Gasteiger charge is -2.18. The summed E-state index contributed by atoms with van der Waals surface area (Å²) in [5.41, 5.74) is 6.06. The topological polar surface area (TPSA) is 57.5 Å². The maximum Gasteiger partial charge on any atom is 0.161 e. The summed E-state index contributed by atoms with van der Waals surface area (Å²) in [7, 11) is 0. The van der Waals surface area contributed by atoms with Crippen molar-refractivity contribution in [2.75, 3.05) is 0 Å². The molecule has 0 unspecified atom stereocenters. The zero-order valence-corrected chi connectivity index (χ0v) is 26.6. The summed E-state index contributed by atoms with van der Waals surface area (Å²) in [6.07, 6.45) is 1.81. The Morgan fingerprint density at radius 2 is 0.857 bits per heavy atom. The van der Waals surface area contributed by atoms with Crippen LogP contribution < -0.4 is 0 Å². The van der Waals surface area contributed by atoms with Crippen LogP contribution in [0.5, 0.6) is 0 Å². The summed E-state index contributed by atoms with van der Waals surface area (Å²) in [6.45, 7) is 22.8. The molecule has 0 aliphatic heterocycles. The highest BCUT2D eigenvalue weighted by Crippen LogP contribution is 2.17. The summed E-state index contributed by atoms with van der Waals surface area (Å²) in [4.78, 5) is 11.5. The van der Waals surface area contributed by atoms with E-state index >= 15 is 0 Å². The first-order valence-corrected chi connectivity index (χ1v) is 14.8. The molecule has 0 saturated heterocycles. The number of carbonyl (C=O) groups is 1. The van der Waals surface area contributed by atoms with Crippen molar-refractivity contribution in [3.63, 3.8) is 0 Å². The standard InChI is InChI=1S/2C13H18O.C13H16O/c3*1-10(2)13(14)11(3)9-12-7-5-4-6-8-12/h2*4-8,11,13-14H,1,9H2,2-3H3;4-8,11H,1,9H2,2-3H3/t11-,13+;11-,13-;11-/m000/s1. The molecule has 2 N–H and O–H groups in total. The summed E-state index contributed by atoms with van der Waals surface area (Å²) < 4.78 is 0. The van der Waals surface area contributed by atoms with Crippen LogP contribution in [0, 0.1) is 17.8 Å². The highest BCUT2D eigenvalue weighted by molar-refractivity contribution is 5.95. The van der Waals surface area contributed by atoms with E-state index in [-0.39, 0.29) is 23.5 Å². The van der Waals surface area contributed by atoms with Gasteiger partial charge in [-0.1, -0.05) is 143 Å². The molecular weight excluding hydrogens is 516 g/mol. The largest absolute Gasteiger partial charge is 0.388 e. The van der Waals surface area contributed by atoms with Crippen molar-refractivity contribution in [3.8, 4) is 0 Å². The van der Waals surface area contributed by atoms with Gasteiger partial charge in [-0.15, -0.1) is 0 Å². The van der Waals surface area contributed by atoms with Gasteiger partial charge in [-0.3, -0.25) is 4.79 Å². The van der Waals surface area contributed by atoms with E-state index in [0.717, 1.165) is 30.4 Å². The molecule has 0 aromatic heterocycles. The monoisotopic (exact) mass is 568 g/mol. The van der Waals surface area contributed by atoms with Gasteiger partial charge in [0.15, 0.2) is 5.78 Å². The molecule has 0 fully saturated rings. The fraction of sp³-hybridized carbons (Fsp3) is 0.359. The zero-order valence-electron chi connectivity index (χ0n) is 26.6. The van der Waals surface area contributed by atoms with Crippen LogP contribution in [0.1, 0.15) is 58.2 Å². The fourth-order valence-electron chi connectivity index (χ4n) is 4.65. The van der Waals surface area contributed by atoms with Crippen LogP contribution in [0.3, 0.4) is 0 Å². The Labute approximate surface area is 255 Å². The Hall–Kier alpha value is -3.53. The predicted molar refractivity (Wildman–Crippen MR) is 179 cm³/mol. The number of aliphatic hydroxyl groups excluding tert-OH is 2. The van der Waals surface area contributed by atoms with Gasteiger partial charge in [0.1, 0.15) is 0 Å². The molecule has 0 amide bonds. The minimum absolute atomic E-state index is 0.0369. The van der Waals surface area contributed by atoms with Crippen molar-refractivity contribution in [1.29, 1.82) is 0 Å². The molecule has 3 aromatic rings. The molecule has 0 aliphatic rings. The lowest BCUT2D eigenvalue weighted by Crippen LogP contribution is -2.20. The lowest BCUT2D eigenvalue weighted by molar-refractivity contribution is -0.118. The van der Waals surface area contributed by atoms with Gasteiger partial charge < -0.3 is 10.2 Å². The van der Waals surface area contributed by atoms with Crippen molar-refractivity contribution in [2.45, 2.75) is 73.0 Å². The van der Waals surface area contributed by atoms with E-state index in [2.05, 4.69) is 44.0 Å². The summed E-state index contributed by atoms with van der Waals surface area (Å²) in [5, 5.41) is 19.5. The number of hydrogen-bond donors (Lipinski definition) is 2. The van der Waals surface area contributed by atoms with Gasteiger partial charge in [0.25, 0.3) is 0 Å². The Morgan fingerprint density at radius 3 is 1.12 bits per heavy atom. The van der Waals surface area contributed by atoms with Crippen LogP contribution in [-0.2, 0) is 24.1 Å². The average molecular weight is 569 g/mol. The number of carbonyl (C=O) groups excluding carboxylic acids is 1. The van der Waals surface area contributed by atoms with E-state index in [0.29, 0.717) is 5.57 Å². The van der Waals surface area contributed by atoms with Crippen molar-refractivity contribution >= 4 is 5.78 Å². The van der Waals surface area contributed by atoms with Gasteiger partial charge in [0, 0.05) is 5.92 Å². The van der Waals surface area contributed by atoms with E-state index in [1.54, 1.807) is 6.92 Å². The van der Waals surface area contributed by atoms with Crippen molar-refractivity contribution < 1.29 is 15.0 Å². The zero-order chi connectivity index (χ0) is 31.7. The maximum atomic E-state index is 11.5. The Kier molecular flexibility index (Phi) is 17.0.